The van der Waals surface area contributed by atoms with Gasteiger partial charge >= 0.3 is 5.97 Å². The van der Waals surface area contributed by atoms with Crippen molar-refractivity contribution in [2.24, 2.45) is 0 Å². The SMILES string of the molecule is CC1CC=C(c2ccn(-c3cccc(C(=O)O)c3)n2)O1. The van der Waals surface area contributed by atoms with Gasteiger partial charge in [-0.1, -0.05) is 6.07 Å². The van der Waals surface area contributed by atoms with Crippen LogP contribution >= 0.6 is 0 Å². The lowest BCUT2D eigenvalue weighted by Crippen LogP contribution is -2.01. The minimum absolute atomic E-state index is 0.186. The van der Waals surface area contributed by atoms with Gasteiger partial charge < -0.3 is 9.84 Å². The van der Waals surface area contributed by atoms with Crippen LogP contribution in [0.25, 0.3) is 11.4 Å². The molecule has 1 aliphatic rings. The highest BCUT2D eigenvalue weighted by Crippen LogP contribution is 2.25. The predicted octanol–water partition coefficient (Wildman–Crippen LogP) is 2.72. The number of aromatic carboxylic acids is 1. The number of rotatable bonds is 3. The third-order valence-electron chi connectivity index (χ3n) is 3.16. The average Bonchev–Trinajstić information content (AvgIpc) is 3.07. The summed E-state index contributed by atoms with van der Waals surface area (Å²) in [6.07, 6.45) is 4.89. The third kappa shape index (κ3) is 2.30. The second-order valence-corrected chi connectivity index (χ2v) is 4.73. The van der Waals surface area contributed by atoms with Crippen LogP contribution in [0.5, 0.6) is 0 Å². The molecule has 0 aliphatic carbocycles. The van der Waals surface area contributed by atoms with E-state index in [2.05, 4.69) is 5.10 Å². The Hall–Kier alpha value is -2.56. The maximum absolute atomic E-state index is 11.0. The summed E-state index contributed by atoms with van der Waals surface area (Å²) < 4.78 is 7.30. The number of benzene rings is 1. The second-order valence-electron chi connectivity index (χ2n) is 4.73. The molecule has 2 heterocycles. The van der Waals surface area contributed by atoms with Gasteiger partial charge in [0, 0.05) is 12.6 Å². The summed E-state index contributed by atoms with van der Waals surface area (Å²) in [6, 6.07) is 8.52. The van der Waals surface area contributed by atoms with Crippen molar-refractivity contribution in [3.8, 4) is 5.69 Å². The Balaban J connectivity index is 1.90. The van der Waals surface area contributed by atoms with E-state index < -0.39 is 5.97 Å². The quantitative estimate of drug-likeness (QED) is 0.931. The number of aromatic nitrogens is 2. The molecule has 102 valence electrons. The fourth-order valence-electron chi connectivity index (χ4n) is 2.13. The summed E-state index contributed by atoms with van der Waals surface area (Å²) in [5.41, 5.74) is 1.71. The Morgan fingerprint density at radius 3 is 3.00 bits per heavy atom. The van der Waals surface area contributed by atoms with E-state index in [0.717, 1.165) is 17.9 Å². The Bertz CT molecular complexity index is 688. The van der Waals surface area contributed by atoms with Gasteiger partial charge in [0.1, 0.15) is 11.5 Å². The van der Waals surface area contributed by atoms with E-state index >= 15 is 0 Å². The maximum atomic E-state index is 11.0. The Morgan fingerprint density at radius 1 is 1.45 bits per heavy atom. The van der Waals surface area contributed by atoms with Crippen molar-refractivity contribution in [3.63, 3.8) is 0 Å². The monoisotopic (exact) mass is 270 g/mol. The number of carbonyl (C=O) groups is 1. The van der Waals surface area contributed by atoms with Crippen molar-refractivity contribution in [3.05, 3.63) is 53.9 Å². The van der Waals surface area contributed by atoms with Gasteiger partial charge in [0.05, 0.1) is 17.4 Å². The van der Waals surface area contributed by atoms with E-state index in [0.29, 0.717) is 5.69 Å². The average molecular weight is 270 g/mol. The first-order chi connectivity index (χ1) is 9.63. The summed E-state index contributed by atoms with van der Waals surface area (Å²) in [5, 5.41) is 13.4. The maximum Gasteiger partial charge on any atom is 0.335 e. The van der Waals surface area contributed by atoms with Gasteiger partial charge in [0.2, 0.25) is 0 Å². The van der Waals surface area contributed by atoms with Crippen LogP contribution in [0.2, 0.25) is 0 Å². The molecule has 1 atom stereocenters. The molecule has 2 aromatic rings. The number of ether oxygens (including phenoxy) is 1. The molecule has 0 amide bonds. The van der Waals surface area contributed by atoms with Gasteiger partial charge in [-0.15, -0.1) is 0 Å². The number of hydrogen-bond acceptors (Lipinski definition) is 3. The van der Waals surface area contributed by atoms with Gasteiger partial charge in [0.15, 0.2) is 0 Å². The number of nitrogens with zero attached hydrogens (tertiary/aromatic N) is 2. The van der Waals surface area contributed by atoms with E-state index in [4.69, 9.17) is 9.84 Å². The zero-order valence-electron chi connectivity index (χ0n) is 11.0. The molecule has 0 bridgehead atoms. The molecular weight excluding hydrogens is 256 g/mol. The lowest BCUT2D eigenvalue weighted by molar-refractivity contribution is 0.0697. The van der Waals surface area contributed by atoms with Gasteiger partial charge in [-0.2, -0.15) is 5.10 Å². The fourth-order valence-corrected chi connectivity index (χ4v) is 2.13. The lowest BCUT2D eigenvalue weighted by atomic mass is 10.2. The molecule has 1 aliphatic heterocycles. The topological polar surface area (TPSA) is 64.4 Å². The van der Waals surface area contributed by atoms with Crippen molar-refractivity contribution >= 4 is 11.7 Å². The van der Waals surface area contributed by atoms with Crippen molar-refractivity contribution in [2.45, 2.75) is 19.4 Å². The first-order valence-corrected chi connectivity index (χ1v) is 6.40. The molecular formula is C15H14N2O3. The highest BCUT2D eigenvalue weighted by Gasteiger charge is 2.17. The summed E-state index contributed by atoms with van der Waals surface area (Å²) in [4.78, 5) is 11.0. The van der Waals surface area contributed by atoms with Crippen LogP contribution in [0.15, 0.2) is 42.6 Å². The van der Waals surface area contributed by atoms with Crippen LogP contribution in [-0.4, -0.2) is 27.0 Å². The Morgan fingerprint density at radius 2 is 2.30 bits per heavy atom. The molecule has 0 saturated heterocycles. The molecule has 5 heteroatoms. The van der Waals surface area contributed by atoms with Crippen LogP contribution in [-0.2, 0) is 4.74 Å². The molecule has 0 fully saturated rings. The second kappa shape index (κ2) is 4.85. The molecule has 0 radical (unpaired) electrons. The summed E-state index contributed by atoms with van der Waals surface area (Å²) in [5.74, 6) is -0.166. The van der Waals surface area contributed by atoms with Crippen LogP contribution in [0, 0.1) is 0 Å². The van der Waals surface area contributed by atoms with E-state index in [9.17, 15) is 4.79 Å². The molecule has 1 aromatic heterocycles. The van der Waals surface area contributed by atoms with Crippen LogP contribution < -0.4 is 0 Å². The molecule has 0 saturated carbocycles. The molecule has 5 nitrogen and oxygen atoms in total. The minimum atomic E-state index is -0.949. The molecule has 1 unspecified atom stereocenters. The standard InChI is InChI=1S/C15H14N2O3/c1-10-5-6-14(20-10)13-7-8-17(16-13)12-4-2-3-11(9-12)15(18)19/h2-4,6-10H,5H2,1H3,(H,18,19). The van der Waals surface area contributed by atoms with Gasteiger partial charge in [-0.25, -0.2) is 9.48 Å². The number of carboxylic acid groups (broad SMARTS) is 1. The van der Waals surface area contributed by atoms with Crippen molar-refractivity contribution in [2.75, 3.05) is 0 Å². The molecule has 3 rings (SSSR count). The smallest absolute Gasteiger partial charge is 0.335 e. The molecule has 1 aromatic carbocycles. The highest BCUT2D eigenvalue weighted by atomic mass is 16.5. The van der Waals surface area contributed by atoms with Crippen LogP contribution in [0.3, 0.4) is 0 Å². The number of hydrogen-bond donors (Lipinski definition) is 1. The molecule has 1 N–H and O–H groups in total. The van der Waals surface area contributed by atoms with Crippen LogP contribution in [0.1, 0.15) is 29.4 Å². The third-order valence-corrected chi connectivity index (χ3v) is 3.16. The minimum Gasteiger partial charge on any atom is -0.488 e. The fraction of sp³-hybridized carbons (Fsp3) is 0.200. The van der Waals surface area contributed by atoms with E-state index in [1.54, 1.807) is 29.1 Å². The van der Waals surface area contributed by atoms with Crippen LogP contribution in [0.4, 0.5) is 0 Å². The predicted molar refractivity (Wildman–Crippen MR) is 73.7 cm³/mol. The first kappa shape index (κ1) is 12.5. The van der Waals surface area contributed by atoms with Crippen molar-refractivity contribution in [1.82, 2.24) is 9.78 Å². The van der Waals surface area contributed by atoms with E-state index in [1.165, 1.54) is 0 Å². The summed E-state index contributed by atoms with van der Waals surface area (Å²) >= 11 is 0. The molecule has 20 heavy (non-hydrogen) atoms. The summed E-state index contributed by atoms with van der Waals surface area (Å²) in [7, 11) is 0. The highest BCUT2D eigenvalue weighted by molar-refractivity contribution is 5.88. The van der Waals surface area contributed by atoms with E-state index in [-0.39, 0.29) is 11.7 Å². The Kier molecular flexibility index (Phi) is 3.02. The zero-order chi connectivity index (χ0) is 14.1. The zero-order valence-corrected chi connectivity index (χ0v) is 11.0. The largest absolute Gasteiger partial charge is 0.488 e. The van der Waals surface area contributed by atoms with Gasteiger partial charge in [0.25, 0.3) is 0 Å². The normalized spacial score (nSPS) is 17.6. The van der Waals surface area contributed by atoms with Crippen molar-refractivity contribution < 1.29 is 14.6 Å². The Labute approximate surface area is 116 Å². The molecule has 0 spiro atoms. The van der Waals surface area contributed by atoms with Gasteiger partial charge in [-0.3, -0.25) is 0 Å². The van der Waals surface area contributed by atoms with E-state index in [1.807, 2.05) is 25.1 Å². The summed E-state index contributed by atoms with van der Waals surface area (Å²) in [6.45, 7) is 2.01. The lowest BCUT2D eigenvalue weighted by Gasteiger charge is -2.06. The first-order valence-electron chi connectivity index (χ1n) is 6.40. The van der Waals surface area contributed by atoms with Crippen molar-refractivity contribution in [1.29, 1.82) is 0 Å². The number of carboxylic acids is 1. The van der Waals surface area contributed by atoms with Gasteiger partial charge in [-0.05, 0) is 37.3 Å².